The van der Waals surface area contributed by atoms with Gasteiger partial charge in [-0.15, -0.1) is 5.48 Å². The van der Waals surface area contributed by atoms with Crippen molar-refractivity contribution in [2.75, 3.05) is 0 Å². The van der Waals surface area contributed by atoms with Crippen LogP contribution in [0.4, 0.5) is 0 Å². The molecule has 5 nitrogen and oxygen atoms in total. The highest BCUT2D eigenvalue weighted by molar-refractivity contribution is 6.74. The van der Waals surface area contributed by atoms with Gasteiger partial charge < -0.3 is 14.4 Å². The van der Waals surface area contributed by atoms with Crippen molar-refractivity contribution in [2.45, 2.75) is 70.5 Å². The molecule has 0 aliphatic carbocycles. The molecular weight excluding hydrogens is 250 g/mol. The van der Waals surface area contributed by atoms with Gasteiger partial charge in [0.15, 0.2) is 8.32 Å². The van der Waals surface area contributed by atoms with Crippen LogP contribution in [0.1, 0.15) is 34.1 Å². The quantitative estimate of drug-likeness (QED) is 0.762. The Morgan fingerprint density at radius 2 is 2.06 bits per heavy atom. The number of carbonyl (C=O) groups is 1. The Morgan fingerprint density at radius 3 is 2.39 bits per heavy atom. The first kappa shape index (κ1) is 15.6. The van der Waals surface area contributed by atoms with Crippen LogP contribution in [0.2, 0.25) is 18.1 Å². The second kappa shape index (κ2) is 5.28. The summed E-state index contributed by atoms with van der Waals surface area (Å²) in [4.78, 5) is 15.9. The molecule has 0 aromatic heterocycles. The number of hydroxylamine groups is 1. The number of aliphatic hydroxyl groups excluding tert-OH is 1. The molecule has 0 aromatic carbocycles. The summed E-state index contributed by atoms with van der Waals surface area (Å²) < 4.78 is 6.19. The fourth-order valence-corrected chi connectivity index (χ4v) is 3.02. The zero-order valence-corrected chi connectivity index (χ0v) is 13.1. The van der Waals surface area contributed by atoms with E-state index in [1.807, 2.05) is 0 Å². The van der Waals surface area contributed by atoms with Gasteiger partial charge in [-0.25, -0.2) is 0 Å². The molecule has 1 fully saturated rings. The first-order valence-corrected chi connectivity index (χ1v) is 9.26. The summed E-state index contributed by atoms with van der Waals surface area (Å²) in [6, 6.07) is -0.272. The van der Waals surface area contributed by atoms with E-state index in [4.69, 9.17) is 9.26 Å². The van der Waals surface area contributed by atoms with E-state index in [2.05, 4.69) is 39.3 Å². The molecule has 1 rings (SSSR count). The van der Waals surface area contributed by atoms with Crippen LogP contribution in [0.5, 0.6) is 0 Å². The van der Waals surface area contributed by atoms with E-state index in [-0.39, 0.29) is 23.5 Å². The van der Waals surface area contributed by atoms with Crippen LogP contribution < -0.4 is 5.48 Å². The number of hydrogen-bond donors (Lipinski definition) is 2. The Hall–Kier alpha value is -0.433. The van der Waals surface area contributed by atoms with E-state index in [1.165, 1.54) is 0 Å². The molecular formula is C12H25NO4Si. The molecule has 0 saturated carbocycles. The van der Waals surface area contributed by atoms with Gasteiger partial charge in [-0.05, 0) is 25.1 Å². The molecule has 0 amide bonds. The van der Waals surface area contributed by atoms with E-state index < -0.39 is 20.5 Å². The van der Waals surface area contributed by atoms with Crippen molar-refractivity contribution in [1.29, 1.82) is 0 Å². The van der Waals surface area contributed by atoms with Crippen molar-refractivity contribution >= 4 is 14.3 Å². The van der Waals surface area contributed by atoms with Crippen LogP contribution in [0.15, 0.2) is 0 Å². The molecule has 6 heteroatoms. The molecule has 1 aliphatic rings. The Balaban J connectivity index is 2.78. The molecule has 1 aliphatic heterocycles. The Labute approximate surface area is 110 Å². The lowest BCUT2D eigenvalue weighted by Gasteiger charge is -2.41. The minimum Gasteiger partial charge on any atom is -0.410 e. The fourth-order valence-electron chi connectivity index (χ4n) is 1.62. The zero-order valence-electron chi connectivity index (χ0n) is 12.1. The number of rotatable bonds is 4. The molecule has 0 spiro atoms. The average Bonchev–Trinajstić information content (AvgIpc) is 2.59. The Morgan fingerprint density at radius 1 is 1.50 bits per heavy atom. The number of carbonyl (C=O) groups excluding carboxylic acids is 1. The highest BCUT2D eigenvalue weighted by Crippen LogP contribution is 2.38. The van der Waals surface area contributed by atoms with Crippen molar-refractivity contribution in [3.05, 3.63) is 0 Å². The smallest absolute Gasteiger partial charge is 0.326 e. The summed E-state index contributed by atoms with van der Waals surface area (Å²) in [7, 11) is -1.99. The van der Waals surface area contributed by atoms with Crippen LogP contribution in [0, 0.1) is 0 Å². The predicted octanol–water partition coefficient (Wildman–Crippen LogP) is 1.58. The van der Waals surface area contributed by atoms with E-state index in [9.17, 15) is 9.90 Å². The molecule has 0 radical (unpaired) electrons. The largest absolute Gasteiger partial charge is 0.410 e. The Bertz CT molecular complexity index is 312. The first-order valence-electron chi connectivity index (χ1n) is 6.35. The summed E-state index contributed by atoms with van der Waals surface area (Å²) >= 11 is 0. The highest BCUT2D eigenvalue weighted by Gasteiger charge is 2.43. The molecule has 106 valence electrons. The van der Waals surface area contributed by atoms with Gasteiger partial charge in [-0.2, -0.15) is 0 Å². The SMILES string of the molecule is C[C@H](O)[C@H](O[Si](C)(C)C(C)(C)C)[C@H]1CC(=O)ON1. The van der Waals surface area contributed by atoms with Crippen molar-refractivity contribution in [2.24, 2.45) is 0 Å². The van der Waals surface area contributed by atoms with Crippen molar-refractivity contribution in [1.82, 2.24) is 5.48 Å². The van der Waals surface area contributed by atoms with E-state index in [0.717, 1.165) is 0 Å². The van der Waals surface area contributed by atoms with Gasteiger partial charge in [0, 0.05) is 0 Å². The number of aliphatic hydroxyl groups is 1. The lowest BCUT2D eigenvalue weighted by molar-refractivity contribution is -0.143. The van der Waals surface area contributed by atoms with Crippen LogP contribution in [0.3, 0.4) is 0 Å². The molecule has 3 atom stereocenters. The monoisotopic (exact) mass is 275 g/mol. The molecule has 0 bridgehead atoms. The minimum atomic E-state index is -1.99. The summed E-state index contributed by atoms with van der Waals surface area (Å²) in [6.45, 7) is 12.4. The molecule has 18 heavy (non-hydrogen) atoms. The Kier molecular flexibility index (Phi) is 4.59. The predicted molar refractivity (Wildman–Crippen MR) is 71.4 cm³/mol. The summed E-state index contributed by atoms with van der Waals surface area (Å²) in [5.74, 6) is -0.301. The van der Waals surface area contributed by atoms with Gasteiger partial charge in [0.25, 0.3) is 0 Å². The van der Waals surface area contributed by atoms with Gasteiger partial charge >= 0.3 is 5.97 Å². The van der Waals surface area contributed by atoms with Gasteiger partial charge in [-0.1, -0.05) is 20.8 Å². The van der Waals surface area contributed by atoms with Crippen molar-refractivity contribution < 1.29 is 19.2 Å². The average molecular weight is 275 g/mol. The van der Waals surface area contributed by atoms with Crippen LogP contribution >= 0.6 is 0 Å². The standard InChI is InChI=1S/C12H25NO4Si/c1-8(14)11(9-7-10(15)16-13-9)17-18(5,6)12(2,3)4/h8-9,11,13-14H,7H2,1-6H3/t8-,9+,11-/m0/s1. The van der Waals surface area contributed by atoms with Gasteiger partial charge in [-0.3, -0.25) is 4.79 Å². The van der Waals surface area contributed by atoms with E-state index >= 15 is 0 Å². The topological polar surface area (TPSA) is 67.8 Å². The summed E-state index contributed by atoms with van der Waals surface area (Å²) in [5.41, 5.74) is 2.65. The molecule has 1 heterocycles. The second-order valence-corrected chi connectivity index (χ2v) is 11.2. The third kappa shape index (κ3) is 3.54. The fraction of sp³-hybridized carbons (Fsp3) is 0.917. The zero-order chi connectivity index (χ0) is 14.1. The molecule has 0 unspecified atom stereocenters. The number of hydrogen-bond acceptors (Lipinski definition) is 5. The minimum absolute atomic E-state index is 0.0591. The maximum Gasteiger partial charge on any atom is 0.326 e. The van der Waals surface area contributed by atoms with Gasteiger partial charge in [0.1, 0.15) is 0 Å². The van der Waals surface area contributed by atoms with Gasteiger partial charge in [0.2, 0.25) is 0 Å². The second-order valence-electron chi connectivity index (χ2n) is 6.49. The van der Waals surface area contributed by atoms with Crippen molar-refractivity contribution in [3.63, 3.8) is 0 Å². The van der Waals surface area contributed by atoms with Crippen LogP contribution in [0.25, 0.3) is 0 Å². The first-order chi connectivity index (χ1) is 8.04. The lowest BCUT2D eigenvalue weighted by atomic mass is 10.1. The van der Waals surface area contributed by atoms with Crippen LogP contribution in [-0.2, 0) is 14.1 Å². The molecule has 1 saturated heterocycles. The normalized spacial score (nSPS) is 24.8. The van der Waals surface area contributed by atoms with Gasteiger partial charge in [0.05, 0.1) is 24.7 Å². The van der Waals surface area contributed by atoms with E-state index in [0.29, 0.717) is 0 Å². The molecule has 0 aromatic rings. The third-order valence-corrected chi connectivity index (χ3v) is 8.29. The summed E-state index contributed by atoms with van der Waals surface area (Å²) in [5, 5.41) is 9.94. The van der Waals surface area contributed by atoms with Crippen molar-refractivity contribution in [3.8, 4) is 0 Å². The maximum atomic E-state index is 11.1. The van der Waals surface area contributed by atoms with E-state index in [1.54, 1.807) is 6.92 Å². The highest BCUT2D eigenvalue weighted by atomic mass is 28.4. The summed E-state index contributed by atoms with van der Waals surface area (Å²) in [6.07, 6.45) is -0.826. The maximum absolute atomic E-state index is 11.1. The molecule has 2 N–H and O–H groups in total. The lowest BCUT2D eigenvalue weighted by Crippen LogP contribution is -2.52. The van der Waals surface area contributed by atoms with Crippen LogP contribution in [-0.4, -0.2) is 37.6 Å². The third-order valence-electron chi connectivity index (χ3n) is 3.82. The number of nitrogens with one attached hydrogen (secondary N) is 1.